The molecule has 27 heavy (non-hydrogen) atoms. The van der Waals surface area contributed by atoms with E-state index < -0.39 is 15.9 Å². The van der Waals surface area contributed by atoms with Crippen molar-refractivity contribution in [2.45, 2.75) is 4.90 Å². The van der Waals surface area contributed by atoms with Crippen LogP contribution in [0.2, 0.25) is 5.02 Å². The molecule has 0 aliphatic rings. The molecule has 1 heterocycles. The molecule has 0 atom stereocenters. The Balaban J connectivity index is 1.82. The lowest BCUT2D eigenvalue weighted by Gasteiger charge is -2.08. The van der Waals surface area contributed by atoms with Gasteiger partial charge in [-0.25, -0.2) is 13.1 Å². The molecule has 0 aliphatic carbocycles. The lowest BCUT2D eigenvalue weighted by Crippen LogP contribution is -2.27. The molecule has 0 aliphatic heterocycles. The summed E-state index contributed by atoms with van der Waals surface area (Å²) in [6.45, 7) is 0.378. The number of halogens is 1. The number of nitrogens with one attached hydrogen (secondary N) is 3. The number of ether oxygens (including phenoxy) is 1. The number of carbonyl (C=O) groups excluding carboxylic acids is 1. The van der Waals surface area contributed by atoms with Gasteiger partial charge in [0.2, 0.25) is 10.0 Å². The van der Waals surface area contributed by atoms with Gasteiger partial charge < -0.3 is 10.1 Å². The molecule has 142 valence electrons. The van der Waals surface area contributed by atoms with Crippen LogP contribution in [-0.2, 0) is 14.8 Å². The largest absolute Gasteiger partial charge is 0.383 e. The van der Waals surface area contributed by atoms with Crippen molar-refractivity contribution in [3.05, 3.63) is 53.1 Å². The predicted molar refractivity (Wildman–Crippen MR) is 103 cm³/mol. The Bertz CT molecular complexity index is 1080. The molecule has 0 radical (unpaired) electrons. The molecule has 0 fully saturated rings. The first kappa shape index (κ1) is 19.3. The van der Waals surface area contributed by atoms with E-state index in [0.29, 0.717) is 21.7 Å². The third-order valence-electron chi connectivity index (χ3n) is 3.78. The molecule has 0 saturated heterocycles. The van der Waals surface area contributed by atoms with E-state index in [0.717, 1.165) is 0 Å². The molecule has 2 aromatic carbocycles. The van der Waals surface area contributed by atoms with Crippen LogP contribution in [0.1, 0.15) is 10.4 Å². The van der Waals surface area contributed by atoms with Gasteiger partial charge in [-0.2, -0.15) is 5.10 Å². The van der Waals surface area contributed by atoms with Crippen LogP contribution in [0.3, 0.4) is 0 Å². The minimum atomic E-state index is -3.74. The SMILES string of the molecule is COCCNS(=O)(=O)c1cccc(C(=O)Nc2n[nH]c3c(Cl)cccc23)c1. The number of para-hydroxylation sites is 1. The Morgan fingerprint density at radius 2 is 2.04 bits per heavy atom. The van der Waals surface area contributed by atoms with Crippen LogP contribution >= 0.6 is 11.6 Å². The molecule has 8 nitrogen and oxygen atoms in total. The Kier molecular flexibility index (Phi) is 5.76. The summed E-state index contributed by atoms with van der Waals surface area (Å²) in [5.74, 6) is -0.179. The quantitative estimate of drug-likeness (QED) is 0.519. The van der Waals surface area contributed by atoms with Gasteiger partial charge in [0.1, 0.15) is 0 Å². The van der Waals surface area contributed by atoms with E-state index >= 15 is 0 Å². The second kappa shape index (κ2) is 8.05. The van der Waals surface area contributed by atoms with Gasteiger partial charge in [-0.1, -0.05) is 23.7 Å². The van der Waals surface area contributed by atoms with Crippen LogP contribution in [-0.4, -0.2) is 44.8 Å². The number of methoxy groups -OCH3 is 1. The number of sulfonamides is 1. The maximum atomic E-state index is 12.5. The van der Waals surface area contributed by atoms with Crippen molar-refractivity contribution in [1.82, 2.24) is 14.9 Å². The Labute approximate surface area is 160 Å². The highest BCUT2D eigenvalue weighted by molar-refractivity contribution is 7.89. The lowest BCUT2D eigenvalue weighted by molar-refractivity contribution is 0.102. The van der Waals surface area contributed by atoms with Crippen molar-refractivity contribution < 1.29 is 17.9 Å². The highest BCUT2D eigenvalue weighted by Crippen LogP contribution is 2.26. The number of hydrogen-bond donors (Lipinski definition) is 3. The average molecular weight is 409 g/mol. The number of H-pyrrole nitrogens is 1. The van der Waals surface area contributed by atoms with Crippen molar-refractivity contribution in [3.8, 4) is 0 Å². The number of fused-ring (bicyclic) bond motifs is 1. The van der Waals surface area contributed by atoms with Gasteiger partial charge in [-0.15, -0.1) is 0 Å². The number of amides is 1. The van der Waals surface area contributed by atoms with E-state index in [2.05, 4.69) is 20.2 Å². The zero-order valence-corrected chi connectivity index (χ0v) is 15.9. The first-order valence-electron chi connectivity index (χ1n) is 7.95. The second-order valence-electron chi connectivity index (χ2n) is 5.61. The summed E-state index contributed by atoms with van der Waals surface area (Å²) in [5, 5.41) is 10.6. The number of aromatic nitrogens is 2. The molecular weight excluding hydrogens is 392 g/mol. The van der Waals surface area contributed by atoms with E-state index in [1.165, 1.54) is 31.4 Å². The maximum absolute atomic E-state index is 12.5. The zero-order chi connectivity index (χ0) is 19.4. The minimum Gasteiger partial charge on any atom is -0.383 e. The molecule has 1 amide bonds. The first-order valence-corrected chi connectivity index (χ1v) is 9.81. The lowest BCUT2D eigenvalue weighted by atomic mass is 10.2. The average Bonchev–Trinajstić information content (AvgIpc) is 3.06. The topological polar surface area (TPSA) is 113 Å². The fourth-order valence-corrected chi connectivity index (χ4v) is 3.72. The minimum absolute atomic E-state index is 0.0128. The number of carbonyl (C=O) groups is 1. The fourth-order valence-electron chi connectivity index (χ4n) is 2.45. The summed E-state index contributed by atoms with van der Waals surface area (Å²) < 4.78 is 31.8. The van der Waals surface area contributed by atoms with Crippen molar-refractivity contribution in [2.75, 3.05) is 25.6 Å². The smallest absolute Gasteiger partial charge is 0.256 e. The molecule has 3 rings (SSSR count). The summed E-state index contributed by atoms with van der Waals surface area (Å²) in [6, 6.07) is 10.9. The predicted octanol–water partition coefficient (Wildman–Crippen LogP) is 2.39. The van der Waals surface area contributed by atoms with Gasteiger partial charge in [0.25, 0.3) is 5.91 Å². The van der Waals surface area contributed by atoms with Gasteiger partial charge in [-0.3, -0.25) is 9.89 Å². The van der Waals surface area contributed by atoms with Gasteiger partial charge in [0.15, 0.2) is 5.82 Å². The summed E-state index contributed by atoms with van der Waals surface area (Å²) in [7, 11) is -2.26. The molecule has 0 unspecified atom stereocenters. The highest BCUT2D eigenvalue weighted by Gasteiger charge is 2.17. The summed E-state index contributed by atoms with van der Waals surface area (Å²) in [5.41, 5.74) is 0.788. The summed E-state index contributed by atoms with van der Waals surface area (Å²) in [4.78, 5) is 12.5. The van der Waals surface area contributed by atoms with Gasteiger partial charge >= 0.3 is 0 Å². The van der Waals surface area contributed by atoms with Gasteiger partial charge in [-0.05, 0) is 30.3 Å². The molecular formula is C17H17ClN4O4S. The van der Waals surface area contributed by atoms with Crippen molar-refractivity contribution in [1.29, 1.82) is 0 Å². The molecule has 0 bridgehead atoms. The van der Waals surface area contributed by atoms with Crippen LogP contribution in [0.25, 0.3) is 10.9 Å². The second-order valence-corrected chi connectivity index (χ2v) is 7.78. The van der Waals surface area contributed by atoms with Crippen LogP contribution < -0.4 is 10.0 Å². The molecule has 10 heteroatoms. The highest BCUT2D eigenvalue weighted by atomic mass is 35.5. The molecule has 0 spiro atoms. The molecule has 3 aromatic rings. The van der Waals surface area contributed by atoms with Crippen LogP contribution in [0.5, 0.6) is 0 Å². The van der Waals surface area contributed by atoms with E-state index in [-0.39, 0.29) is 23.6 Å². The van der Waals surface area contributed by atoms with Crippen LogP contribution in [0.15, 0.2) is 47.4 Å². The number of anilines is 1. The number of nitrogens with zero attached hydrogens (tertiary/aromatic N) is 1. The van der Waals surface area contributed by atoms with Crippen LogP contribution in [0.4, 0.5) is 5.82 Å². The summed E-state index contributed by atoms with van der Waals surface area (Å²) in [6.07, 6.45) is 0. The number of hydrogen-bond acceptors (Lipinski definition) is 5. The molecule has 3 N–H and O–H groups in total. The monoisotopic (exact) mass is 408 g/mol. The fraction of sp³-hybridized carbons (Fsp3) is 0.176. The number of aromatic amines is 1. The first-order chi connectivity index (χ1) is 12.9. The van der Waals surface area contributed by atoms with Gasteiger partial charge in [0, 0.05) is 24.6 Å². The van der Waals surface area contributed by atoms with E-state index in [1.54, 1.807) is 18.2 Å². The van der Waals surface area contributed by atoms with Crippen molar-refractivity contribution >= 4 is 44.3 Å². The Hall–Kier alpha value is -2.46. The Morgan fingerprint density at radius 3 is 2.81 bits per heavy atom. The maximum Gasteiger partial charge on any atom is 0.256 e. The molecule has 1 aromatic heterocycles. The van der Waals surface area contributed by atoms with Crippen molar-refractivity contribution in [2.24, 2.45) is 0 Å². The standard InChI is InChI=1S/C17H17ClN4O4S/c1-26-9-8-19-27(24,25)12-5-2-4-11(10-12)17(23)20-16-13-6-3-7-14(18)15(13)21-22-16/h2-7,10,19H,8-9H2,1H3,(H2,20,21,22,23). The van der Waals surface area contributed by atoms with E-state index in [9.17, 15) is 13.2 Å². The van der Waals surface area contributed by atoms with E-state index in [1.807, 2.05) is 0 Å². The van der Waals surface area contributed by atoms with Gasteiger partial charge in [0.05, 0.1) is 22.0 Å². The number of rotatable bonds is 7. The van der Waals surface area contributed by atoms with Crippen molar-refractivity contribution in [3.63, 3.8) is 0 Å². The van der Waals surface area contributed by atoms with Crippen LogP contribution in [0, 0.1) is 0 Å². The third kappa shape index (κ3) is 4.28. The van der Waals surface area contributed by atoms with E-state index in [4.69, 9.17) is 16.3 Å². The molecule has 0 saturated carbocycles. The normalized spacial score (nSPS) is 11.6. The number of benzene rings is 2. The Morgan fingerprint density at radius 1 is 1.26 bits per heavy atom. The summed E-state index contributed by atoms with van der Waals surface area (Å²) >= 11 is 6.08. The zero-order valence-electron chi connectivity index (χ0n) is 14.3. The third-order valence-corrected chi connectivity index (χ3v) is 5.56.